The first-order valence-electron chi connectivity index (χ1n) is 6.52. The average molecular weight is 310 g/mol. The van der Waals surface area contributed by atoms with Crippen LogP contribution < -0.4 is 15.2 Å². The van der Waals surface area contributed by atoms with Crippen LogP contribution in [-0.4, -0.2) is 7.11 Å². The summed E-state index contributed by atoms with van der Waals surface area (Å²) < 4.78 is 24.6. The summed E-state index contributed by atoms with van der Waals surface area (Å²) in [5, 5.41) is 0.334. The molecule has 0 bridgehead atoms. The largest absolute Gasteiger partial charge is 0.497 e. The first-order valence-corrected chi connectivity index (χ1v) is 6.90. The highest BCUT2D eigenvalue weighted by Gasteiger charge is 2.12. The van der Waals surface area contributed by atoms with Crippen molar-refractivity contribution in [2.24, 2.45) is 5.73 Å². The van der Waals surface area contributed by atoms with E-state index in [0.29, 0.717) is 22.1 Å². The molecular weight excluding hydrogens is 293 g/mol. The lowest BCUT2D eigenvalue weighted by molar-refractivity contribution is 0.293. The molecule has 1 atom stereocenters. The summed E-state index contributed by atoms with van der Waals surface area (Å²) in [5.74, 6) is 0.811. The Bertz CT molecular complexity index is 611. The zero-order valence-electron chi connectivity index (χ0n) is 11.9. The van der Waals surface area contributed by atoms with E-state index in [1.807, 2.05) is 19.1 Å². The van der Waals surface area contributed by atoms with Crippen LogP contribution in [0, 0.1) is 5.82 Å². The van der Waals surface area contributed by atoms with Crippen molar-refractivity contribution in [2.75, 3.05) is 7.11 Å². The Hall–Kier alpha value is -1.78. The fraction of sp³-hybridized carbons (Fsp3) is 0.250. The van der Waals surface area contributed by atoms with Crippen molar-refractivity contribution < 1.29 is 13.9 Å². The molecule has 0 saturated heterocycles. The monoisotopic (exact) mass is 309 g/mol. The van der Waals surface area contributed by atoms with Crippen molar-refractivity contribution in [1.82, 2.24) is 0 Å². The van der Waals surface area contributed by atoms with Gasteiger partial charge in [-0.1, -0.05) is 23.7 Å². The quantitative estimate of drug-likeness (QED) is 0.905. The van der Waals surface area contributed by atoms with E-state index >= 15 is 0 Å². The van der Waals surface area contributed by atoms with Gasteiger partial charge in [-0.25, -0.2) is 4.39 Å². The van der Waals surface area contributed by atoms with Gasteiger partial charge in [-0.15, -0.1) is 0 Å². The van der Waals surface area contributed by atoms with Crippen LogP contribution >= 0.6 is 11.6 Å². The first-order chi connectivity index (χ1) is 10.0. The molecule has 0 saturated carbocycles. The van der Waals surface area contributed by atoms with Gasteiger partial charge in [-0.05, 0) is 25.1 Å². The highest BCUT2D eigenvalue weighted by Crippen LogP contribution is 2.30. The SMILES string of the molecule is COc1ccc(C(C)N)c(OCc2c(F)cccc2Cl)c1. The van der Waals surface area contributed by atoms with Gasteiger partial charge in [0.25, 0.3) is 0 Å². The predicted molar refractivity (Wildman–Crippen MR) is 81.3 cm³/mol. The molecule has 112 valence electrons. The lowest BCUT2D eigenvalue weighted by atomic mass is 10.1. The Morgan fingerprint density at radius 2 is 2.05 bits per heavy atom. The van der Waals surface area contributed by atoms with Crippen LogP contribution in [0.25, 0.3) is 0 Å². The second-order valence-electron chi connectivity index (χ2n) is 4.68. The maximum Gasteiger partial charge on any atom is 0.131 e. The van der Waals surface area contributed by atoms with Crippen LogP contribution in [-0.2, 0) is 6.61 Å². The fourth-order valence-electron chi connectivity index (χ4n) is 1.96. The number of benzene rings is 2. The fourth-order valence-corrected chi connectivity index (χ4v) is 2.18. The van der Waals surface area contributed by atoms with Crippen LogP contribution in [0.1, 0.15) is 24.1 Å². The van der Waals surface area contributed by atoms with E-state index in [9.17, 15) is 4.39 Å². The third-order valence-corrected chi connectivity index (χ3v) is 3.50. The van der Waals surface area contributed by atoms with E-state index in [1.165, 1.54) is 6.07 Å². The van der Waals surface area contributed by atoms with E-state index in [0.717, 1.165) is 5.56 Å². The van der Waals surface area contributed by atoms with Crippen LogP contribution in [0.3, 0.4) is 0 Å². The molecule has 2 N–H and O–H groups in total. The smallest absolute Gasteiger partial charge is 0.131 e. The van der Waals surface area contributed by atoms with E-state index < -0.39 is 5.82 Å². The number of hydrogen-bond acceptors (Lipinski definition) is 3. The number of rotatable bonds is 5. The molecule has 1 unspecified atom stereocenters. The van der Waals surface area contributed by atoms with Crippen LogP contribution in [0.15, 0.2) is 36.4 Å². The zero-order chi connectivity index (χ0) is 15.4. The normalized spacial score (nSPS) is 12.0. The van der Waals surface area contributed by atoms with Crippen molar-refractivity contribution in [3.05, 3.63) is 58.4 Å². The first kappa shape index (κ1) is 15.6. The zero-order valence-corrected chi connectivity index (χ0v) is 12.7. The molecule has 0 aromatic heterocycles. The number of methoxy groups -OCH3 is 1. The molecule has 0 radical (unpaired) electrons. The molecule has 0 aliphatic heterocycles. The van der Waals surface area contributed by atoms with Gasteiger partial charge >= 0.3 is 0 Å². The van der Waals surface area contributed by atoms with E-state index in [1.54, 1.807) is 25.3 Å². The highest BCUT2D eigenvalue weighted by atomic mass is 35.5. The van der Waals surface area contributed by atoms with Crippen molar-refractivity contribution in [3.63, 3.8) is 0 Å². The van der Waals surface area contributed by atoms with Crippen LogP contribution in [0.2, 0.25) is 5.02 Å². The minimum absolute atomic E-state index is 0.0262. The summed E-state index contributed by atoms with van der Waals surface area (Å²) in [7, 11) is 1.57. The molecule has 0 spiro atoms. The molecule has 2 aromatic carbocycles. The molecule has 5 heteroatoms. The molecular formula is C16H17ClFNO2. The van der Waals surface area contributed by atoms with Gasteiger partial charge in [-0.3, -0.25) is 0 Å². The minimum atomic E-state index is -0.396. The Kier molecular flexibility index (Phi) is 5.04. The molecule has 2 rings (SSSR count). The molecule has 21 heavy (non-hydrogen) atoms. The number of nitrogens with two attached hydrogens (primary N) is 1. The maximum absolute atomic E-state index is 13.7. The molecule has 0 aliphatic rings. The third kappa shape index (κ3) is 3.65. The minimum Gasteiger partial charge on any atom is -0.497 e. The lowest BCUT2D eigenvalue weighted by Crippen LogP contribution is -2.09. The summed E-state index contributed by atoms with van der Waals surface area (Å²) in [6, 6.07) is 9.70. The van der Waals surface area contributed by atoms with Gasteiger partial charge in [-0.2, -0.15) is 0 Å². The van der Waals surface area contributed by atoms with E-state index in [-0.39, 0.29) is 12.6 Å². The van der Waals surface area contributed by atoms with Gasteiger partial charge in [0.2, 0.25) is 0 Å². The van der Waals surface area contributed by atoms with Gasteiger partial charge in [0.05, 0.1) is 12.1 Å². The van der Waals surface area contributed by atoms with E-state index in [2.05, 4.69) is 0 Å². The summed E-state index contributed by atoms with van der Waals surface area (Å²) >= 11 is 5.99. The van der Waals surface area contributed by atoms with Crippen molar-refractivity contribution in [3.8, 4) is 11.5 Å². The van der Waals surface area contributed by atoms with Crippen LogP contribution in [0.5, 0.6) is 11.5 Å². The molecule has 3 nitrogen and oxygen atoms in total. The molecule has 0 fully saturated rings. The topological polar surface area (TPSA) is 44.5 Å². The van der Waals surface area contributed by atoms with Gasteiger partial charge < -0.3 is 15.2 Å². The molecule has 0 heterocycles. The summed E-state index contributed by atoms with van der Waals surface area (Å²) in [6.45, 7) is 1.88. The number of halogens is 2. The average Bonchev–Trinajstić information content (AvgIpc) is 2.46. The van der Waals surface area contributed by atoms with Gasteiger partial charge in [0.1, 0.15) is 23.9 Å². The standard InChI is InChI=1S/C16H17ClFNO2/c1-10(19)12-7-6-11(20-2)8-16(12)21-9-13-14(17)4-3-5-15(13)18/h3-8,10H,9,19H2,1-2H3. The van der Waals surface area contributed by atoms with Crippen molar-refractivity contribution in [2.45, 2.75) is 19.6 Å². The van der Waals surface area contributed by atoms with Crippen molar-refractivity contribution in [1.29, 1.82) is 0 Å². The third-order valence-electron chi connectivity index (χ3n) is 3.14. The summed E-state index contributed by atoms with van der Waals surface area (Å²) in [5.41, 5.74) is 7.05. The molecule has 2 aromatic rings. The van der Waals surface area contributed by atoms with Crippen molar-refractivity contribution >= 4 is 11.6 Å². The molecule has 0 amide bonds. The summed E-state index contributed by atoms with van der Waals surface area (Å²) in [4.78, 5) is 0. The lowest BCUT2D eigenvalue weighted by Gasteiger charge is -2.16. The van der Waals surface area contributed by atoms with E-state index in [4.69, 9.17) is 26.8 Å². The summed E-state index contributed by atoms with van der Waals surface area (Å²) in [6.07, 6.45) is 0. The maximum atomic E-state index is 13.7. The number of ether oxygens (including phenoxy) is 2. The number of hydrogen-bond donors (Lipinski definition) is 1. The molecule has 0 aliphatic carbocycles. The second-order valence-corrected chi connectivity index (χ2v) is 5.09. The Balaban J connectivity index is 2.26. The highest BCUT2D eigenvalue weighted by molar-refractivity contribution is 6.31. The van der Waals surface area contributed by atoms with Crippen LogP contribution in [0.4, 0.5) is 4.39 Å². The second kappa shape index (κ2) is 6.78. The predicted octanol–water partition coefficient (Wildman–Crippen LogP) is 4.09. The van der Waals surface area contributed by atoms with Gasteiger partial charge in [0, 0.05) is 23.2 Å². The Morgan fingerprint density at radius 1 is 1.29 bits per heavy atom. The Morgan fingerprint density at radius 3 is 2.67 bits per heavy atom. The Labute approximate surface area is 128 Å². The van der Waals surface area contributed by atoms with Gasteiger partial charge in [0.15, 0.2) is 0 Å².